The van der Waals surface area contributed by atoms with E-state index in [1.54, 1.807) is 24.3 Å². The Balaban J connectivity index is 2.61. The molecule has 0 heterocycles. The highest BCUT2D eigenvalue weighted by atomic mass is 127. The highest BCUT2D eigenvalue weighted by Crippen LogP contribution is 2.29. The third-order valence-corrected chi connectivity index (χ3v) is 8.58. The van der Waals surface area contributed by atoms with Gasteiger partial charge in [-0.15, -0.1) is 0 Å². The molecule has 0 saturated carbocycles. The van der Waals surface area contributed by atoms with E-state index in [9.17, 15) is 26.7 Å². The quantitative estimate of drug-likeness (QED) is 0.548. The van der Waals surface area contributed by atoms with Crippen LogP contribution in [0, 0.1) is 3.57 Å². The van der Waals surface area contributed by atoms with Crippen LogP contribution in [0.25, 0.3) is 5.76 Å². The molecule has 0 saturated heterocycles. The Labute approximate surface area is 141 Å². The first kappa shape index (κ1) is 17.8. The molecule has 23 heavy (non-hydrogen) atoms. The lowest BCUT2D eigenvalue weighted by atomic mass is 10.2. The zero-order valence-electron chi connectivity index (χ0n) is 11.5. The molecule has 0 fully saturated rings. The van der Waals surface area contributed by atoms with E-state index < -0.39 is 45.2 Å². The standard InChI is InChI=1S/C15H10F3IO3S/c16-15(17,18)23(21,22)14(19-12-9-5-2-6-10-12)13(20)11-7-3-1-4-8-11/h1-10H/p+1/b14-13-. The van der Waals surface area contributed by atoms with Crippen LogP contribution in [0.2, 0.25) is 0 Å². The van der Waals surface area contributed by atoms with E-state index in [2.05, 4.69) is 0 Å². The van der Waals surface area contributed by atoms with Crippen molar-refractivity contribution in [3.63, 3.8) is 0 Å². The van der Waals surface area contributed by atoms with Crippen LogP contribution in [0.1, 0.15) is 5.56 Å². The molecule has 0 unspecified atom stereocenters. The maximum Gasteiger partial charge on any atom is 0.505 e. The van der Waals surface area contributed by atoms with E-state index in [1.165, 1.54) is 36.4 Å². The van der Waals surface area contributed by atoms with Crippen LogP contribution in [-0.4, -0.2) is 19.0 Å². The third-order valence-electron chi connectivity index (χ3n) is 2.70. The minimum absolute atomic E-state index is 0.0333. The van der Waals surface area contributed by atoms with Crippen molar-refractivity contribution in [2.75, 3.05) is 0 Å². The van der Waals surface area contributed by atoms with Crippen molar-refractivity contribution >= 4 is 15.6 Å². The summed E-state index contributed by atoms with van der Waals surface area (Å²) in [7, 11) is -5.61. The van der Waals surface area contributed by atoms with Gasteiger partial charge in [-0.25, -0.2) is 8.42 Å². The van der Waals surface area contributed by atoms with E-state index in [1.807, 2.05) is 0 Å². The SMILES string of the molecule is O=S(=O)(/C([I+]c1ccccc1)=C(\O)c1ccccc1)C(F)(F)F. The molecule has 8 heteroatoms. The summed E-state index contributed by atoms with van der Waals surface area (Å²) in [5.41, 5.74) is -5.43. The minimum Gasteiger partial charge on any atom is -0.503 e. The fourth-order valence-corrected chi connectivity index (χ4v) is 6.41. The zero-order chi connectivity index (χ0) is 17.1. The topological polar surface area (TPSA) is 54.4 Å². The molecule has 122 valence electrons. The Hall–Kier alpha value is -1.55. The van der Waals surface area contributed by atoms with Gasteiger partial charge in [-0.3, -0.25) is 0 Å². The van der Waals surface area contributed by atoms with E-state index in [-0.39, 0.29) is 5.56 Å². The summed E-state index contributed by atoms with van der Waals surface area (Å²) in [5.74, 6) is -0.848. The fraction of sp³-hybridized carbons (Fsp3) is 0.0667. The maximum atomic E-state index is 12.9. The highest BCUT2D eigenvalue weighted by Gasteiger charge is 2.56. The van der Waals surface area contributed by atoms with E-state index in [0.29, 0.717) is 3.57 Å². The first-order valence-corrected chi connectivity index (χ1v) is 9.87. The van der Waals surface area contributed by atoms with Gasteiger partial charge in [0.25, 0.3) is 0 Å². The molecule has 0 aromatic heterocycles. The monoisotopic (exact) mass is 455 g/mol. The van der Waals surface area contributed by atoms with Crippen LogP contribution >= 0.6 is 0 Å². The van der Waals surface area contributed by atoms with Crippen LogP contribution in [0.5, 0.6) is 0 Å². The summed E-state index contributed by atoms with van der Waals surface area (Å²) in [6.45, 7) is 0. The van der Waals surface area contributed by atoms with Crippen LogP contribution < -0.4 is 21.2 Å². The smallest absolute Gasteiger partial charge is 0.503 e. The number of rotatable bonds is 4. The molecule has 0 aliphatic rings. The normalized spacial score (nSPS) is 13.5. The summed E-state index contributed by atoms with van der Waals surface area (Å²) >= 11 is -1.74. The molecule has 1 N–H and O–H groups in total. The number of aliphatic hydroxyl groups excluding tert-OH is 1. The molecule has 2 aromatic carbocycles. The lowest BCUT2D eigenvalue weighted by Crippen LogP contribution is -3.61. The Morgan fingerprint density at radius 3 is 1.87 bits per heavy atom. The second-order valence-corrected chi connectivity index (χ2v) is 9.80. The van der Waals surface area contributed by atoms with Crippen molar-refractivity contribution < 1.29 is 47.9 Å². The highest BCUT2D eigenvalue weighted by molar-refractivity contribution is 7.95. The molecule has 0 atom stereocenters. The average molecular weight is 455 g/mol. The van der Waals surface area contributed by atoms with Crippen LogP contribution in [-0.2, 0) is 9.84 Å². The Kier molecular flexibility index (Phi) is 5.35. The molecule has 0 radical (unpaired) electrons. The van der Waals surface area contributed by atoms with Crippen molar-refractivity contribution in [3.8, 4) is 0 Å². The predicted octanol–water partition coefficient (Wildman–Crippen LogP) is 0.764. The average Bonchev–Trinajstić information content (AvgIpc) is 2.52. The van der Waals surface area contributed by atoms with Gasteiger partial charge in [0.15, 0.2) is 9.33 Å². The molecule has 3 nitrogen and oxygen atoms in total. The summed E-state index contributed by atoms with van der Waals surface area (Å²) < 4.78 is 62.1. The van der Waals surface area contributed by atoms with Gasteiger partial charge < -0.3 is 5.11 Å². The Morgan fingerprint density at radius 1 is 0.913 bits per heavy atom. The van der Waals surface area contributed by atoms with Crippen molar-refractivity contribution in [1.82, 2.24) is 0 Å². The summed E-state index contributed by atoms with van der Waals surface area (Å²) in [5, 5.41) is 10.2. The van der Waals surface area contributed by atoms with Crippen molar-refractivity contribution in [2.24, 2.45) is 0 Å². The second kappa shape index (κ2) is 6.91. The van der Waals surface area contributed by atoms with Crippen molar-refractivity contribution in [1.29, 1.82) is 0 Å². The minimum atomic E-state index is -5.61. The molecule has 0 aliphatic carbocycles. The van der Waals surface area contributed by atoms with E-state index in [4.69, 9.17) is 0 Å². The lowest BCUT2D eigenvalue weighted by molar-refractivity contribution is -0.565. The van der Waals surface area contributed by atoms with E-state index >= 15 is 0 Å². The van der Waals surface area contributed by atoms with Gasteiger partial charge >= 0.3 is 39.5 Å². The van der Waals surface area contributed by atoms with Gasteiger partial charge in [0.2, 0.25) is 0 Å². The second-order valence-electron chi connectivity index (χ2n) is 4.33. The summed E-state index contributed by atoms with van der Waals surface area (Å²) in [4.78, 5) is 0. The summed E-state index contributed by atoms with van der Waals surface area (Å²) in [6, 6.07) is 15.3. The number of benzene rings is 2. The largest absolute Gasteiger partial charge is 0.505 e. The number of hydrogen-bond donors (Lipinski definition) is 1. The molecule has 0 spiro atoms. The van der Waals surface area contributed by atoms with Gasteiger partial charge in [0, 0.05) is 5.56 Å². The van der Waals surface area contributed by atoms with Crippen LogP contribution in [0.4, 0.5) is 13.2 Å². The first-order valence-electron chi connectivity index (χ1n) is 6.23. The maximum absolute atomic E-state index is 12.9. The third kappa shape index (κ3) is 4.05. The van der Waals surface area contributed by atoms with Gasteiger partial charge in [-0.05, 0) is 12.1 Å². The molecule has 0 amide bonds. The molecular weight excluding hydrogens is 444 g/mol. The number of halogens is 4. The molecule has 0 bridgehead atoms. The lowest BCUT2D eigenvalue weighted by Gasteiger charge is -2.06. The van der Waals surface area contributed by atoms with Gasteiger partial charge in [0.05, 0.1) is 0 Å². The van der Waals surface area contributed by atoms with Gasteiger partial charge in [-0.1, -0.05) is 48.5 Å². The number of alkyl halides is 3. The van der Waals surface area contributed by atoms with Gasteiger partial charge in [-0.2, -0.15) is 13.2 Å². The molecule has 0 aliphatic heterocycles. The van der Waals surface area contributed by atoms with Crippen LogP contribution in [0.3, 0.4) is 0 Å². The number of hydrogen-bond acceptors (Lipinski definition) is 3. The van der Waals surface area contributed by atoms with Crippen LogP contribution in [0.15, 0.2) is 63.6 Å². The Morgan fingerprint density at radius 2 is 1.39 bits per heavy atom. The molecule has 2 aromatic rings. The zero-order valence-corrected chi connectivity index (χ0v) is 14.4. The number of aliphatic hydroxyl groups is 1. The van der Waals surface area contributed by atoms with Crippen molar-refractivity contribution in [2.45, 2.75) is 5.51 Å². The predicted molar refractivity (Wildman–Crippen MR) is 76.1 cm³/mol. The summed E-state index contributed by atoms with van der Waals surface area (Å²) in [6.07, 6.45) is 0. The van der Waals surface area contributed by atoms with E-state index in [0.717, 1.165) is 0 Å². The van der Waals surface area contributed by atoms with Crippen molar-refractivity contribution in [3.05, 3.63) is 72.7 Å². The van der Waals surface area contributed by atoms with Gasteiger partial charge in [0.1, 0.15) is 0 Å². The fourth-order valence-electron chi connectivity index (χ4n) is 1.61. The molecule has 2 rings (SSSR count). The first-order chi connectivity index (χ1) is 10.7. The number of sulfone groups is 1. The Bertz CT molecular complexity index is 801. The molecular formula is C15H11F3IO3S+.